The smallest absolute Gasteiger partial charge is 0.258 e. The molecule has 158 valence electrons. The SMILES string of the molecule is CN1CCC(Cc2ccc(-n3cc(-c4cc5cc(Cl)ccc5[nH]c4=O)nn3)cc2)CC1. The van der Waals surface area contributed by atoms with Crippen LogP contribution in [0.5, 0.6) is 0 Å². The first-order chi connectivity index (χ1) is 15.0. The second-order valence-electron chi connectivity index (χ2n) is 8.41. The van der Waals surface area contributed by atoms with Gasteiger partial charge in [0.05, 0.1) is 17.4 Å². The van der Waals surface area contributed by atoms with Crippen LogP contribution in [0.3, 0.4) is 0 Å². The second kappa shape index (κ2) is 8.29. The predicted molar refractivity (Wildman–Crippen MR) is 124 cm³/mol. The van der Waals surface area contributed by atoms with Crippen LogP contribution in [0.2, 0.25) is 5.02 Å². The number of aromatic amines is 1. The summed E-state index contributed by atoms with van der Waals surface area (Å²) in [5, 5.41) is 9.95. The Labute approximate surface area is 185 Å². The molecule has 31 heavy (non-hydrogen) atoms. The van der Waals surface area contributed by atoms with Crippen molar-refractivity contribution in [1.82, 2.24) is 24.9 Å². The molecule has 1 N–H and O–H groups in total. The lowest BCUT2D eigenvalue weighted by Gasteiger charge is -2.28. The van der Waals surface area contributed by atoms with Crippen molar-refractivity contribution in [2.75, 3.05) is 20.1 Å². The van der Waals surface area contributed by atoms with Gasteiger partial charge in [0.15, 0.2) is 0 Å². The van der Waals surface area contributed by atoms with Gasteiger partial charge in [-0.2, -0.15) is 0 Å². The summed E-state index contributed by atoms with van der Waals surface area (Å²) >= 11 is 6.10. The number of nitrogens with zero attached hydrogens (tertiary/aromatic N) is 4. The zero-order valence-electron chi connectivity index (χ0n) is 17.4. The standard InChI is InChI=1S/C24H24ClN5O/c1-29-10-8-17(9-11-29)12-16-2-5-20(6-3-16)30-15-23(27-28-30)21-14-18-13-19(25)4-7-22(18)26-24(21)31/h2-7,13-15,17H,8-12H2,1H3,(H,26,31). The fraction of sp³-hybridized carbons (Fsp3) is 0.292. The summed E-state index contributed by atoms with van der Waals surface area (Å²) in [6.45, 7) is 2.37. The predicted octanol–water partition coefficient (Wildman–Crippen LogP) is 4.31. The van der Waals surface area contributed by atoms with Crippen molar-refractivity contribution in [3.05, 3.63) is 75.7 Å². The number of benzene rings is 2. The van der Waals surface area contributed by atoms with E-state index in [1.165, 1.54) is 31.5 Å². The molecule has 0 atom stereocenters. The highest BCUT2D eigenvalue weighted by Gasteiger charge is 2.17. The van der Waals surface area contributed by atoms with E-state index in [4.69, 9.17) is 11.6 Å². The fourth-order valence-corrected chi connectivity index (χ4v) is 4.45. The van der Waals surface area contributed by atoms with Crippen LogP contribution in [-0.4, -0.2) is 45.0 Å². The number of rotatable bonds is 4. The van der Waals surface area contributed by atoms with Gasteiger partial charge in [-0.15, -0.1) is 5.10 Å². The summed E-state index contributed by atoms with van der Waals surface area (Å²) < 4.78 is 1.70. The van der Waals surface area contributed by atoms with Gasteiger partial charge in [-0.1, -0.05) is 28.9 Å². The maximum Gasteiger partial charge on any atom is 0.258 e. The third kappa shape index (κ3) is 4.27. The number of likely N-dealkylation sites (tertiary alicyclic amines) is 1. The van der Waals surface area contributed by atoms with E-state index in [1.807, 2.05) is 6.07 Å². The molecule has 4 aromatic rings. The molecule has 1 aliphatic rings. The van der Waals surface area contributed by atoms with Gasteiger partial charge in [0.2, 0.25) is 0 Å². The molecule has 0 saturated carbocycles. The molecule has 0 aliphatic carbocycles. The van der Waals surface area contributed by atoms with Gasteiger partial charge in [0.1, 0.15) is 5.69 Å². The summed E-state index contributed by atoms with van der Waals surface area (Å²) in [6.07, 6.45) is 5.42. The quantitative estimate of drug-likeness (QED) is 0.520. The second-order valence-corrected chi connectivity index (χ2v) is 8.85. The van der Waals surface area contributed by atoms with Crippen molar-refractivity contribution < 1.29 is 0 Å². The van der Waals surface area contributed by atoms with Gasteiger partial charge in [0, 0.05) is 15.9 Å². The first-order valence-corrected chi connectivity index (χ1v) is 11.0. The number of fused-ring (bicyclic) bond motifs is 1. The fourth-order valence-electron chi connectivity index (χ4n) is 4.27. The van der Waals surface area contributed by atoms with Crippen LogP contribution >= 0.6 is 11.6 Å². The molecule has 0 radical (unpaired) electrons. The van der Waals surface area contributed by atoms with Crippen LogP contribution in [0.1, 0.15) is 18.4 Å². The number of aromatic nitrogens is 4. The number of pyridine rings is 1. The van der Waals surface area contributed by atoms with Crippen LogP contribution in [0, 0.1) is 5.92 Å². The number of hydrogen-bond donors (Lipinski definition) is 1. The third-order valence-corrected chi connectivity index (χ3v) is 6.37. The summed E-state index contributed by atoms with van der Waals surface area (Å²) in [5.74, 6) is 0.758. The third-order valence-electron chi connectivity index (χ3n) is 6.14. The molecule has 7 heteroatoms. The highest BCUT2D eigenvalue weighted by Crippen LogP contribution is 2.23. The molecule has 0 unspecified atom stereocenters. The Morgan fingerprint density at radius 3 is 2.65 bits per heavy atom. The molecule has 0 amide bonds. The molecule has 1 aliphatic heterocycles. The monoisotopic (exact) mass is 433 g/mol. The van der Waals surface area contributed by atoms with Crippen molar-refractivity contribution in [3.63, 3.8) is 0 Å². The van der Waals surface area contributed by atoms with Crippen molar-refractivity contribution in [2.45, 2.75) is 19.3 Å². The maximum absolute atomic E-state index is 12.5. The molecule has 0 spiro atoms. The molecule has 3 heterocycles. The molecule has 0 bridgehead atoms. The van der Waals surface area contributed by atoms with Crippen molar-refractivity contribution >= 4 is 22.5 Å². The highest BCUT2D eigenvalue weighted by atomic mass is 35.5. The zero-order valence-corrected chi connectivity index (χ0v) is 18.1. The van der Waals surface area contributed by atoms with Gasteiger partial charge < -0.3 is 9.88 Å². The molecule has 5 rings (SSSR count). The van der Waals surface area contributed by atoms with Crippen molar-refractivity contribution in [2.24, 2.45) is 5.92 Å². The molecular weight excluding hydrogens is 410 g/mol. The average molecular weight is 434 g/mol. The van der Waals surface area contributed by atoms with E-state index in [0.717, 1.165) is 28.9 Å². The van der Waals surface area contributed by atoms with Crippen LogP contribution in [-0.2, 0) is 6.42 Å². The first kappa shape index (κ1) is 20.0. The van der Waals surface area contributed by atoms with Gasteiger partial charge in [0.25, 0.3) is 5.56 Å². The van der Waals surface area contributed by atoms with E-state index >= 15 is 0 Å². The van der Waals surface area contributed by atoms with E-state index in [0.29, 0.717) is 16.3 Å². The Bertz CT molecular complexity index is 1270. The van der Waals surface area contributed by atoms with Crippen LogP contribution < -0.4 is 5.56 Å². The Hall–Kier alpha value is -2.96. The minimum Gasteiger partial charge on any atom is -0.321 e. The van der Waals surface area contributed by atoms with Gasteiger partial charge in [-0.3, -0.25) is 4.79 Å². The molecule has 2 aromatic carbocycles. The molecular formula is C24H24ClN5O. The van der Waals surface area contributed by atoms with Crippen LogP contribution in [0.4, 0.5) is 0 Å². The van der Waals surface area contributed by atoms with E-state index < -0.39 is 0 Å². The lowest BCUT2D eigenvalue weighted by atomic mass is 9.90. The zero-order chi connectivity index (χ0) is 21.4. The summed E-state index contributed by atoms with van der Waals surface area (Å²) in [6, 6.07) is 15.6. The Balaban J connectivity index is 1.36. The molecule has 2 aromatic heterocycles. The number of halogens is 1. The van der Waals surface area contributed by atoms with Crippen molar-refractivity contribution in [1.29, 1.82) is 0 Å². The van der Waals surface area contributed by atoms with E-state index in [1.54, 1.807) is 29.1 Å². The largest absolute Gasteiger partial charge is 0.321 e. The minimum absolute atomic E-state index is 0.199. The summed E-state index contributed by atoms with van der Waals surface area (Å²) in [4.78, 5) is 17.8. The van der Waals surface area contributed by atoms with Crippen LogP contribution in [0.25, 0.3) is 27.8 Å². The van der Waals surface area contributed by atoms with E-state index in [-0.39, 0.29) is 5.56 Å². The lowest BCUT2D eigenvalue weighted by Crippen LogP contribution is -2.30. The van der Waals surface area contributed by atoms with Gasteiger partial charge in [-0.25, -0.2) is 4.68 Å². The number of nitrogens with one attached hydrogen (secondary N) is 1. The van der Waals surface area contributed by atoms with Gasteiger partial charge in [-0.05, 0) is 87.3 Å². The number of piperidine rings is 1. The number of H-pyrrole nitrogens is 1. The highest BCUT2D eigenvalue weighted by molar-refractivity contribution is 6.31. The Kier molecular flexibility index (Phi) is 5.34. The van der Waals surface area contributed by atoms with Crippen LogP contribution in [0.15, 0.2) is 59.5 Å². The summed E-state index contributed by atoms with van der Waals surface area (Å²) in [5.41, 5.74) is 3.81. The van der Waals surface area contributed by atoms with Gasteiger partial charge >= 0.3 is 0 Å². The lowest BCUT2D eigenvalue weighted by molar-refractivity contribution is 0.219. The Morgan fingerprint density at radius 1 is 1.10 bits per heavy atom. The van der Waals surface area contributed by atoms with Crippen molar-refractivity contribution in [3.8, 4) is 16.9 Å². The molecule has 1 saturated heterocycles. The minimum atomic E-state index is -0.199. The van der Waals surface area contributed by atoms with E-state index in [2.05, 4.69) is 51.5 Å². The molecule has 1 fully saturated rings. The average Bonchev–Trinajstić information content (AvgIpc) is 3.26. The first-order valence-electron chi connectivity index (χ1n) is 10.6. The normalized spacial score (nSPS) is 15.5. The number of hydrogen-bond acceptors (Lipinski definition) is 4. The topological polar surface area (TPSA) is 66.8 Å². The summed E-state index contributed by atoms with van der Waals surface area (Å²) in [7, 11) is 2.19. The maximum atomic E-state index is 12.5. The van der Waals surface area contributed by atoms with E-state index in [9.17, 15) is 4.79 Å². The Morgan fingerprint density at radius 2 is 1.87 bits per heavy atom. The molecule has 6 nitrogen and oxygen atoms in total.